The van der Waals surface area contributed by atoms with E-state index in [0.717, 1.165) is 31.6 Å². The summed E-state index contributed by atoms with van der Waals surface area (Å²) < 4.78 is 26.6. The van der Waals surface area contributed by atoms with E-state index in [1.165, 1.54) is 0 Å². The number of nitrogens with one attached hydrogen (secondary N) is 1. The Morgan fingerprint density at radius 3 is 2.57 bits per heavy atom. The molecule has 2 N–H and O–H groups in total. The van der Waals surface area contributed by atoms with Gasteiger partial charge in [-0.3, -0.25) is 0 Å². The molecule has 0 amide bonds. The van der Waals surface area contributed by atoms with Crippen molar-refractivity contribution >= 4 is 15.7 Å². The maximum absolute atomic E-state index is 12.0. The van der Waals surface area contributed by atoms with Gasteiger partial charge in [0.05, 0.1) is 11.0 Å². The standard InChI is InChI=1S/C15H24N2O3S/c1-3-9-16-21(19,20)15-6-4-14(5-7-15)17-10-8-13(11-17)12(2)18/h4-7,12-13,16,18H,3,8-11H2,1-2H3. The Balaban J connectivity index is 2.06. The smallest absolute Gasteiger partial charge is 0.240 e. The summed E-state index contributed by atoms with van der Waals surface area (Å²) >= 11 is 0. The molecule has 0 aromatic heterocycles. The van der Waals surface area contributed by atoms with Crippen molar-refractivity contribution in [1.29, 1.82) is 0 Å². The number of anilines is 1. The van der Waals surface area contributed by atoms with Crippen LogP contribution in [0.25, 0.3) is 0 Å². The van der Waals surface area contributed by atoms with E-state index >= 15 is 0 Å². The van der Waals surface area contributed by atoms with Crippen molar-refractivity contribution in [2.75, 3.05) is 24.5 Å². The summed E-state index contributed by atoms with van der Waals surface area (Å²) in [6, 6.07) is 6.96. The Kier molecular flexibility index (Phi) is 5.24. The minimum Gasteiger partial charge on any atom is -0.393 e. The normalized spacial score (nSPS) is 20.7. The van der Waals surface area contributed by atoms with Crippen molar-refractivity contribution in [3.63, 3.8) is 0 Å². The van der Waals surface area contributed by atoms with Crippen molar-refractivity contribution in [3.05, 3.63) is 24.3 Å². The maximum atomic E-state index is 12.0. The molecule has 1 aromatic carbocycles. The second-order valence-electron chi connectivity index (χ2n) is 5.63. The Morgan fingerprint density at radius 1 is 1.38 bits per heavy atom. The molecule has 0 aliphatic carbocycles. The third-order valence-corrected chi connectivity index (χ3v) is 5.44. The average Bonchev–Trinajstić information content (AvgIpc) is 2.95. The highest BCUT2D eigenvalue weighted by molar-refractivity contribution is 7.89. The molecule has 21 heavy (non-hydrogen) atoms. The van der Waals surface area contributed by atoms with Crippen molar-refractivity contribution in [3.8, 4) is 0 Å². The van der Waals surface area contributed by atoms with Gasteiger partial charge in [-0.05, 0) is 44.0 Å². The zero-order chi connectivity index (χ0) is 15.5. The van der Waals surface area contributed by atoms with Gasteiger partial charge in [0.1, 0.15) is 0 Å². The Morgan fingerprint density at radius 2 is 2.05 bits per heavy atom. The molecule has 1 saturated heterocycles. The highest BCUT2D eigenvalue weighted by atomic mass is 32.2. The SMILES string of the molecule is CCCNS(=O)(=O)c1ccc(N2CCC(C(C)O)C2)cc1. The molecule has 2 rings (SSSR count). The van der Waals surface area contributed by atoms with E-state index in [9.17, 15) is 13.5 Å². The molecule has 1 aliphatic rings. The number of hydrogen-bond acceptors (Lipinski definition) is 4. The number of nitrogens with zero attached hydrogens (tertiary/aromatic N) is 1. The van der Waals surface area contributed by atoms with Crippen LogP contribution in [0.1, 0.15) is 26.7 Å². The summed E-state index contributed by atoms with van der Waals surface area (Å²) in [4.78, 5) is 2.48. The topological polar surface area (TPSA) is 69.6 Å². The number of sulfonamides is 1. The summed E-state index contributed by atoms with van der Waals surface area (Å²) in [5.41, 5.74) is 1.01. The fraction of sp³-hybridized carbons (Fsp3) is 0.600. The molecule has 1 fully saturated rings. The summed E-state index contributed by atoms with van der Waals surface area (Å²) in [5.74, 6) is 0.291. The van der Waals surface area contributed by atoms with Crippen molar-refractivity contribution in [1.82, 2.24) is 4.72 Å². The lowest BCUT2D eigenvalue weighted by atomic mass is 10.0. The molecule has 6 heteroatoms. The van der Waals surface area contributed by atoms with Gasteiger partial charge in [0, 0.05) is 31.2 Å². The maximum Gasteiger partial charge on any atom is 0.240 e. The molecule has 0 bridgehead atoms. The molecule has 1 aromatic rings. The molecule has 0 saturated carbocycles. The summed E-state index contributed by atoms with van der Waals surface area (Å²) in [7, 11) is -3.40. The average molecular weight is 312 g/mol. The quantitative estimate of drug-likeness (QED) is 0.837. The van der Waals surface area contributed by atoms with E-state index in [1.54, 1.807) is 12.1 Å². The zero-order valence-corrected chi connectivity index (χ0v) is 13.4. The second kappa shape index (κ2) is 6.77. The van der Waals surface area contributed by atoms with Crippen LogP contribution in [0, 0.1) is 5.92 Å². The van der Waals surface area contributed by atoms with Gasteiger partial charge in [-0.25, -0.2) is 13.1 Å². The Hall–Kier alpha value is -1.11. The van der Waals surface area contributed by atoms with Gasteiger partial charge in [-0.2, -0.15) is 0 Å². The number of benzene rings is 1. The highest BCUT2D eigenvalue weighted by Gasteiger charge is 2.26. The second-order valence-corrected chi connectivity index (χ2v) is 7.39. The van der Waals surface area contributed by atoms with Gasteiger partial charge < -0.3 is 10.0 Å². The van der Waals surface area contributed by atoms with Crippen molar-refractivity contribution < 1.29 is 13.5 Å². The molecule has 118 valence electrons. The molecular weight excluding hydrogens is 288 g/mol. The summed E-state index contributed by atoms with van der Waals surface area (Å²) in [6.45, 7) is 5.92. The van der Waals surface area contributed by atoms with E-state index in [4.69, 9.17) is 0 Å². The first-order valence-corrected chi connectivity index (χ1v) is 8.95. The first kappa shape index (κ1) is 16.3. The predicted octanol–water partition coefficient (Wildman–Crippen LogP) is 1.58. The highest BCUT2D eigenvalue weighted by Crippen LogP contribution is 2.26. The third-order valence-electron chi connectivity index (χ3n) is 3.96. The number of aliphatic hydroxyl groups is 1. The molecule has 2 unspecified atom stereocenters. The van der Waals surface area contributed by atoms with Crippen LogP contribution in [0.3, 0.4) is 0 Å². The molecule has 0 spiro atoms. The van der Waals surface area contributed by atoms with Crippen molar-refractivity contribution in [2.45, 2.75) is 37.7 Å². The monoisotopic (exact) mass is 312 g/mol. The first-order chi connectivity index (χ1) is 9.94. The van der Waals surface area contributed by atoms with Gasteiger partial charge in [-0.1, -0.05) is 6.92 Å². The lowest BCUT2D eigenvalue weighted by Crippen LogP contribution is -2.25. The fourth-order valence-corrected chi connectivity index (χ4v) is 3.71. The van der Waals surface area contributed by atoms with E-state index in [-0.39, 0.29) is 6.10 Å². The molecule has 2 atom stereocenters. The number of rotatable bonds is 6. The molecule has 1 aliphatic heterocycles. The summed E-state index contributed by atoms with van der Waals surface area (Å²) in [6.07, 6.45) is 1.44. The van der Waals surface area contributed by atoms with E-state index in [0.29, 0.717) is 17.4 Å². The molecule has 0 radical (unpaired) electrons. The van der Waals surface area contributed by atoms with E-state index in [1.807, 2.05) is 26.0 Å². The Labute approximate surface area is 127 Å². The minimum atomic E-state index is -3.40. The van der Waals surface area contributed by atoms with Crippen LogP contribution in [0.5, 0.6) is 0 Å². The lowest BCUT2D eigenvalue weighted by molar-refractivity contribution is 0.136. The van der Waals surface area contributed by atoms with Crippen LogP contribution < -0.4 is 9.62 Å². The predicted molar refractivity (Wildman–Crippen MR) is 83.9 cm³/mol. The van der Waals surface area contributed by atoms with Crippen LogP contribution in [0.4, 0.5) is 5.69 Å². The van der Waals surface area contributed by atoms with Crippen LogP contribution in [-0.4, -0.2) is 39.3 Å². The van der Waals surface area contributed by atoms with Gasteiger partial charge in [0.2, 0.25) is 10.0 Å². The van der Waals surface area contributed by atoms with Gasteiger partial charge in [0.25, 0.3) is 0 Å². The molecule has 1 heterocycles. The van der Waals surface area contributed by atoms with Gasteiger partial charge in [0.15, 0.2) is 0 Å². The number of aliphatic hydroxyl groups excluding tert-OH is 1. The third kappa shape index (κ3) is 3.96. The summed E-state index contributed by atoms with van der Waals surface area (Å²) in [5, 5.41) is 9.64. The Bertz CT molecular complexity index is 555. The van der Waals surface area contributed by atoms with Gasteiger partial charge in [-0.15, -0.1) is 0 Å². The van der Waals surface area contributed by atoms with Gasteiger partial charge >= 0.3 is 0 Å². The lowest BCUT2D eigenvalue weighted by Gasteiger charge is -2.20. The van der Waals surface area contributed by atoms with E-state index in [2.05, 4.69) is 9.62 Å². The minimum absolute atomic E-state index is 0.291. The zero-order valence-electron chi connectivity index (χ0n) is 12.6. The van der Waals surface area contributed by atoms with Crippen LogP contribution in [-0.2, 0) is 10.0 Å². The fourth-order valence-electron chi connectivity index (χ4n) is 2.57. The molecule has 5 nitrogen and oxygen atoms in total. The molecular formula is C15H24N2O3S. The van der Waals surface area contributed by atoms with Crippen molar-refractivity contribution in [2.24, 2.45) is 5.92 Å². The van der Waals surface area contributed by atoms with Crippen LogP contribution in [0.15, 0.2) is 29.2 Å². The first-order valence-electron chi connectivity index (χ1n) is 7.47. The van der Waals surface area contributed by atoms with E-state index < -0.39 is 10.0 Å². The van der Waals surface area contributed by atoms with Crippen LogP contribution in [0.2, 0.25) is 0 Å². The van der Waals surface area contributed by atoms with Crippen LogP contribution >= 0.6 is 0 Å². The number of hydrogen-bond donors (Lipinski definition) is 2. The largest absolute Gasteiger partial charge is 0.393 e.